The summed E-state index contributed by atoms with van der Waals surface area (Å²) in [4.78, 5) is 11.9. The van der Waals surface area contributed by atoms with Gasteiger partial charge in [-0.3, -0.25) is 4.79 Å². The molecule has 0 aliphatic heterocycles. The fraction of sp³-hybridized carbons (Fsp3) is 0.417. The monoisotopic (exact) mass is 290 g/mol. The van der Waals surface area contributed by atoms with Crippen molar-refractivity contribution < 1.29 is 17.9 Å². The topological polar surface area (TPSA) is 60.4 Å². The predicted molar refractivity (Wildman–Crippen MR) is 71.3 cm³/mol. The summed E-state index contributed by atoms with van der Waals surface area (Å²) in [6, 6.07) is 4.78. The zero-order valence-corrected chi connectivity index (χ0v) is 11.8. The molecule has 6 heteroatoms. The number of ketones is 1. The number of carbonyl (C=O) groups excluding carboxylic acids is 1. The lowest BCUT2D eigenvalue weighted by molar-refractivity contribution is 0.0979. The molecule has 18 heavy (non-hydrogen) atoms. The largest absolute Gasteiger partial charge is 0.496 e. The summed E-state index contributed by atoms with van der Waals surface area (Å²) in [7, 11) is -1.57. The molecular weight excluding hydrogens is 276 g/mol. The molecule has 0 heterocycles. The third-order valence-electron chi connectivity index (χ3n) is 2.38. The van der Waals surface area contributed by atoms with Crippen molar-refractivity contribution in [1.82, 2.24) is 0 Å². The third kappa shape index (κ3) is 4.66. The molecule has 0 aliphatic carbocycles. The lowest BCUT2D eigenvalue weighted by atomic mass is 10.1. The first-order chi connectivity index (χ1) is 8.33. The van der Waals surface area contributed by atoms with Gasteiger partial charge in [0.05, 0.1) is 18.4 Å². The molecule has 1 rings (SSSR count). The number of ether oxygens (including phenoxy) is 1. The molecule has 0 unspecified atom stereocenters. The molecule has 0 bridgehead atoms. The molecule has 0 radical (unpaired) electrons. The van der Waals surface area contributed by atoms with Crippen molar-refractivity contribution in [2.24, 2.45) is 0 Å². The second kappa shape index (κ2) is 6.20. The van der Waals surface area contributed by atoms with Crippen LogP contribution < -0.4 is 4.74 Å². The highest BCUT2D eigenvalue weighted by molar-refractivity contribution is 7.90. The second-order valence-electron chi connectivity index (χ2n) is 4.00. The van der Waals surface area contributed by atoms with Gasteiger partial charge in [0.2, 0.25) is 0 Å². The molecule has 0 spiro atoms. The van der Waals surface area contributed by atoms with Crippen LogP contribution in [0, 0.1) is 0 Å². The summed E-state index contributed by atoms with van der Waals surface area (Å²) in [6.07, 6.45) is 1.61. The predicted octanol–water partition coefficient (Wildman–Crippen LogP) is 2.36. The van der Waals surface area contributed by atoms with Gasteiger partial charge in [0.1, 0.15) is 15.6 Å². The number of hydrogen-bond acceptors (Lipinski definition) is 4. The maximum atomic E-state index is 11.9. The van der Waals surface area contributed by atoms with Gasteiger partial charge in [0.15, 0.2) is 5.78 Å². The number of hydrogen-bond donors (Lipinski definition) is 0. The van der Waals surface area contributed by atoms with Crippen LogP contribution in [0.4, 0.5) is 0 Å². The average Bonchev–Trinajstić information content (AvgIpc) is 2.27. The third-order valence-corrected chi connectivity index (χ3v) is 3.65. The van der Waals surface area contributed by atoms with Gasteiger partial charge in [-0.15, -0.1) is 0 Å². The van der Waals surface area contributed by atoms with Gasteiger partial charge in [-0.1, -0.05) is 11.6 Å². The molecule has 1 aromatic rings. The Balaban J connectivity index is 2.75. The Bertz CT molecular complexity index is 537. The normalized spacial score (nSPS) is 11.3. The van der Waals surface area contributed by atoms with E-state index in [1.165, 1.54) is 13.2 Å². The molecule has 0 saturated heterocycles. The number of carbonyl (C=O) groups is 1. The lowest BCUT2D eigenvalue weighted by Gasteiger charge is -2.07. The van der Waals surface area contributed by atoms with Crippen LogP contribution in [0.15, 0.2) is 18.2 Å². The van der Waals surface area contributed by atoms with Gasteiger partial charge >= 0.3 is 0 Å². The Morgan fingerprint density at radius 1 is 1.39 bits per heavy atom. The van der Waals surface area contributed by atoms with E-state index in [1.807, 2.05) is 0 Å². The SMILES string of the molecule is COc1ccc(Cl)cc1C(=O)CCCS(C)(=O)=O. The first-order valence-corrected chi connectivity index (χ1v) is 7.82. The van der Waals surface area contributed by atoms with E-state index in [1.54, 1.807) is 12.1 Å². The van der Waals surface area contributed by atoms with E-state index in [2.05, 4.69) is 0 Å². The molecule has 1 aromatic carbocycles. The number of benzene rings is 1. The van der Waals surface area contributed by atoms with Crippen molar-refractivity contribution in [2.75, 3.05) is 19.1 Å². The van der Waals surface area contributed by atoms with E-state index in [9.17, 15) is 13.2 Å². The van der Waals surface area contributed by atoms with Crippen LogP contribution in [-0.4, -0.2) is 33.3 Å². The minimum absolute atomic E-state index is 0.00161. The lowest BCUT2D eigenvalue weighted by Crippen LogP contribution is -2.07. The quantitative estimate of drug-likeness (QED) is 0.755. The molecule has 0 aliphatic rings. The molecule has 0 saturated carbocycles. The minimum Gasteiger partial charge on any atom is -0.496 e. The average molecular weight is 291 g/mol. The van der Waals surface area contributed by atoms with E-state index in [0.717, 1.165) is 6.26 Å². The van der Waals surface area contributed by atoms with Gasteiger partial charge in [0, 0.05) is 17.7 Å². The fourth-order valence-corrected chi connectivity index (χ4v) is 2.37. The molecule has 0 aromatic heterocycles. The van der Waals surface area contributed by atoms with Gasteiger partial charge in [-0.05, 0) is 24.6 Å². The summed E-state index contributed by atoms with van der Waals surface area (Å²) in [5.74, 6) is 0.281. The summed E-state index contributed by atoms with van der Waals surface area (Å²) in [5.41, 5.74) is 0.388. The maximum absolute atomic E-state index is 11.9. The first-order valence-electron chi connectivity index (χ1n) is 5.38. The highest BCUT2D eigenvalue weighted by atomic mass is 35.5. The number of methoxy groups -OCH3 is 1. The fourth-order valence-electron chi connectivity index (χ4n) is 1.53. The standard InChI is InChI=1S/C12H15ClO4S/c1-17-12-6-5-9(13)8-10(12)11(14)4-3-7-18(2,15)16/h5-6,8H,3-4,7H2,1-2H3. The Hall–Kier alpha value is -1.07. The Labute approximate surface area is 112 Å². The van der Waals surface area contributed by atoms with Crippen molar-refractivity contribution in [3.8, 4) is 5.75 Å². The van der Waals surface area contributed by atoms with E-state index < -0.39 is 9.84 Å². The van der Waals surface area contributed by atoms with Crippen molar-refractivity contribution >= 4 is 27.2 Å². The molecule has 4 nitrogen and oxygen atoms in total. The zero-order valence-electron chi connectivity index (χ0n) is 10.3. The zero-order chi connectivity index (χ0) is 13.8. The molecule has 0 fully saturated rings. The van der Waals surface area contributed by atoms with E-state index in [-0.39, 0.29) is 18.0 Å². The van der Waals surface area contributed by atoms with Crippen molar-refractivity contribution in [3.05, 3.63) is 28.8 Å². The minimum atomic E-state index is -3.04. The summed E-state index contributed by atoms with van der Waals surface area (Å²) >= 11 is 5.82. The number of sulfone groups is 1. The Kier molecular flexibility index (Phi) is 5.16. The molecule has 0 atom stereocenters. The molecule has 100 valence electrons. The van der Waals surface area contributed by atoms with Gasteiger partial charge < -0.3 is 4.74 Å². The van der Waals surface area contributed by atoms with Crippen LogP contribution in [-0.2, 0) is 9.84 Å². The molecule has 0 N–H and O–H groups in total. The summed E-state index contributed by atoms with van der Waals surface area (Å²) in [6.45, 7) is 0. The van der Waals surface area contributed by atoms with Crippen LogP contribution in [0.2, 0.25) is 5.02 Å². The second-order valence-corrected chi connectivity index (χ2v) is 6.70. The highest BCUT2D eigenvalue weighted by Crippen LogP contribution is 2.24. The Morgan fingerprint density at radius 3 is 2.61 bits per heavy atom. The van der Waals surface area contributed by atoms with Crippen LogP contribution in [0.5, 0.6) is 5.75 Å². The summed E-state index contributed by atoms with van der Waals surface area (Å²) in [5, 5.41) is 0.447. The number of rotatable bonds is 6. The van der Waals surface area contributed by atoms with Crippen molar-refractivity contribution in [3.63, 3.8) is 0 Å². The van der Waals surface area contributed by atoms with E-state index >= 15 is 0 Å². The van der Waals surface area contributed by atoms with E-state index in [4.69, 9.17) is 16.3 Å². The van der Waals surface area contributed by atoms with Gasteiger partial charge in [0.25, 0.3) is 0 Å². The van der Waals surface area contributed by atoms with Crippen LogP contribution in [0.3, 0.4) is 0 Å². The molecule has 0 amide bonds. The van der Waals surface area contributed by atoms with Crippen LogP contribution >= 0.6 is 11.6 Å². The number of halogens is 1. The molecular formula is C12H15ClO4S. The van der Waals surface area contributed by atoms with Gasteiger partial charge in [-0.2, -0.15) is 0 Å². The Morgan fingerprint density at radius 2 is 2.06 bits per heavy atom. The first kappa shape index (κ1) is 15.0. The smallest absolute Gasteiger partial charge is 0.166 e. The highest BCUT2D eigenvalue weighted by Gasteiger charge is 2.13. The van der Waals surface area contributed by atoms with Gasteiger partial charge in [-0.25, -0.2) is 8.42 Å². The van der Waals surface area contributed by atoms with Crippen LogP contribution in [0.25, 0.3) is 0 Å². The van der Waals surface area contributed by atoms with Crippen LogP contribution in [0.1, 0.15) is 23.2 Å². The number of Topliss-reactive ketones (excluding diaryl/α,β-unsaturated/α-hetero) is 1. The van der Waals surface area contributed by atoms with E-state index in [0.29, 0.717) is 22.8 Å². The van der Waals surface area contributed by atoms with Crippen molar-refractivity contribution in [2.45, 2.75) is 12.8 Å². The van der Waals surface area contributed by atoms with Crippen molar-refractivity contribution in [1.29, 1.82) is 0 Å². The summed E-state index contributed by atoms with van der Waals surface area (Å²) < 4.78 is 27.0. The maximum Gasteiger partial charge on any atom is 0.166 e.